The van der Waals surface area contributed by atoms with Crippen molar-refractivity contribution in [2.75, 3.05) is 24.5 Å². The van der Waals surface area contributed by atoms with Crippen molar-refractivity contribution in [3.05, 3.63) is 47.1 Å². The molecule has 2 aromatic rings. The van der Waals surface area contributed by atoms with Gasteiger partial charge in [0.1, 0.15) is 5.76 Å². The van der Waals surface area contributed by atoms with Crippen LogP contribution in [0.1, 0.15) is 29.6 Å². The summed E-state index contributed by atoms with van der Waals surface area (Å²) in [5.74, 6) is 0.904. The van der Waals surface area contributed by atoms with E-state index >= 15 is 0 Å². The normalized spacial score (nSPS) is 17.5. The molecule has 0 aliphatic carbocycles. The van der Waals surface area contributed by atoms with Crippen molar-refractivity contribution in [1.82, 2.24) is 10.3 Å². The number of aromatic nitrogens is 1. The first-order valence-corrected chi connectivity index (χ1v) is 8.26. The van der Waals surface area contributed by atoms with E-state index in [-0.39, 0.29) is 5.91 Å². The van der Waals surface area contributed by atoms with Crippen LogP contribution in [-0.2, 0) is 6.42 Å². The van der Waals surface area contributed by atoms with Crippen molar-refractivity contribution in [3.8, 4) is 0 Å². The van der Waals surface area contributed by atoms with E-state index in [2.05, 4.69) is 21.3 Å². The third-order valence-corrected chi connectivity index (χ3v) is 4.42. The van der Waals surface area contributed by atoms with Crippen LogP contribution < -0.4 is 10.2 Å². The van der Waals surface area contributed by atoms with Crippen molar-refractivity contribution in [1.29, 1.82) is 0 Å². The molecule has 1 aromatic carbocycles. The second kappa shape index (κ2) is 7.04. The molecule has 1 aliphatic rings. The molecule has 1 aliphatic heterocycles. The number of benzene rings is 1. The summed E-state index contributed by atoms with van der Waals surface area (Å²) >= 11 is 6.05. The molecule has 2 heterocycles. The summed E-state index contributed by atoms with van der Waals surface area (Å²) in [4.78, 5) is 18.5. The van der Waals surface area contributed by atoms with Gasteiger partial charge in [0.25, 0.3) is 5.91 Å². The SMILES string of the molecule is CCc1ocnc1C(=O)NC[C@H]1CCN(c2cccc(Cl)c2)C1. The Morgan fingerprint density at radius 3 is 3.17 bits per heavy atom. The van der Waals surface area contributed by atoms with E-state index < -0.39 is 0 Å². The minimum absolute atomic E-state index is 0.156. The molecule has 1 atom stereocenters. The number of nitrogens with zero attached hydrogens (tertiary/aromatic N) is 2. The van der Waals surface area contributed by atoms with E-state index in [1.807, 2.05) is 25.1 Å². The topological polar surface area (TPSA) is 58.4 Å². The predicted molar refractivity (Wildman–Crippen MR) is 90.0 cm³/mol. The van der Waals surface area contributed by atoms with Crippen LogP contribution in [0.4, 0.5) is 5.69 Å². The summed E-state index contributed by atoms with van der Waals surface area (Å²) in [6.45, 7) is 4.48. The standard InChI is InChI=1S/C17H20ClN3O2/c1-2-15-16(20-11-23-15)17(22)19-9-12-6-7-21(10-12)14-5-3-4-13(18)8-14/h3-5,8,11-12H,2,6-7,9-10H2,1H3,(H,19,22)/t12-/m1/s1. The minimum atomic E-state index is -0.156. The van der Waals surface area contributed by atoms with Crippen LogP contribution in [0.3, 0.4) is 0 Å². The monoisotopic (exact) mass is 333 g/mol. The van der Waals surface area contributed by atoms with Crippen LogP contribution in [0.2, 0.25) is 5.02 Å². The molecule has 1 fully saturated rings. The van der Waals surface area contributed by atoms with Crippen LogP contribution in [-0.4, -0.2) is 30.5 Å². The van der Waals surface area contributed by atoms with Gasteiger partial charge >= 0.3 is 0 Å². The Labute approximate surface area is 140 Å². The lowest BCUT2D eigenvalue weighted by Crippen LogP contribution is -2.31. The van der Waals surface area contributed by atoms with E-state index in [1.54, 1.807) is 0 Å². The summed E-state index contributed by atoms with van der Waals surface area (Å²) in [7, 11) is 0. The number of hydrogen-bond donors (Lipinski definition) is 1. The van der Waals surface area contributed by atoms with Gasteiger partial charge in [-0.1, -0.05) is 24.6 Å². The Bertz CT molecular complexity index is 686. The molecular weight excluding hydrogens is 314 g/mol. The van der Waals surface area contributed by atoms with Crippen molar-refractivity contribution in [3.63, 3.8) is 0 Å². The number of carbonyl (C=O) groups is 1. The average molecular weight is 334 g/mol. The summed E-state index contributed by atoms with van der Waals surface area (Å²) in [5.41, 5.74) is 1.54. The lowest BCUT2D eigenvalue weighted by Gasteiger charge is -2.19. The van der Waals surface area contributed by atoms with Gasteiger partial charge in [-0.3, -0.25) is 4.79 Å². The Balaban J connectivity index is 1.53. The third kappa shape index (κ3) is 3.67. The second-order valence-electron chi connectivity index (χ2n) is 5.77. The molecule has 122 valence electrons. The van der Waals surface area contributed by atoms with Crippen LogP contribution in [0.25, 0.3) is 0 Å². The second-order valence-corrected chi connectivity index (χ2v) is 6.20. The van der Waals surface area contributed by atoms with Gasteiger partial charge in [0.15, 0.2) is 12.1 Å². The van der Waals surface area contributed by atoms with E-state index in [4.69, 9.17) is 16.0 Å². The van der Waals surface area contributed by atoms with Gasteiger partial charge in [0.05, 0.1) is 0 Å². The Kier molecular flexibility index (Phi) is 4.86. The molecule has 23 heavy (non-hydrogen) atoms. The summed E-state index contributed by atoms with van der Waals surface area (Å²) < 4.78 is 5.20. The number of halogens is 1. The van der Waals surface area contributed by atoms with Gasteiger partial charge in [-0.05, 0) is 30.5 Å². The van der Waals surface area contributed by atoms with E-state index in [9.17, 15) is 4.79 Å². The number of anilines is 1. The van der Waals surface area contributed by atoms with Gasteiger partial charge in [0.2, 0.25) is 0 Å². The van der Waals surface area contributed by atoms with E-state index in [0.717, 1.165) is 30.2 Å². The summed E-state index contributed by atoms with van der Waals surface area (Å²) in [6.07, 6.45) is 3.03. The van der Waals surface area contributed by atoms with Crippen molar-refractivity contribution >= 4 is 23.2 Å². The Hall–Kier alpha value is -2.01. The first-order chi connectivity index (χ1) is 11.2. The molecular formula is C17H20ClN3O2. The zero-order chi connectivity index (χ0) is 16.2. The quantitative estimate of drug-likeness (QED) is 0.913. The molecule has 0 spiro atoms. The molecule has 0 radical (unpaired) electrons. The van der Waals surface area contributed by atoms with Gasteiger partial charge < -0.3 is 14.6 Å². The maximum atomic E-state index is 12.2. The maximum Gasteiger partial charge on any atom is 0.273 e. The zero-order valence-electron chi connectivity index (χ0n) is 13.1. The molecule has 1 amide bonds. The average Bonchev–Trinajstić information content (AvgIpc) is 3.21. The molecule has 5 nitrogen and oxygen atoms in total. The van der Waals surface area contributed by atoms with Gasteiger partial charge in [-0.2, -0.15) is 0 Å². The fourth-order valence-corrected chi connectivity index (χ4v) is 3.12. The van der Waals surface area contributed by atoms with Crippen LogP contribution in [0.5, 0.6) is 0 Å². The Morgan fingerprint density at radius 1 is 1.52 bits per heavy atom. The lowest BCUT2D eigenvalue weighted by molar-refractivity contribution is 0.0942. The third-order valence-electron chi connectivity index (χ3n) is 4.19. The molecule has 1 N–H and O–H groups in total. The van der Waals surface area contributed by atoms with Crippen molar-refractivity contribution in [2.24, 2.45) is 5.92 Å². The molecule has 6 heteroatoms. The molecule has 3 rings (SSSR count). The van der Waals surface area contributed by atoms with Crippen LogP contribution in [0.15, 0.2) is 35.1 Å². The van der Waals surface area contributed by atoms with Crippen molar-refractivity contribution in [2.45, 2.75) is 19.8 Å². The smallest absolute Gasteiger partial charge is 0.273 e. The molecule has 0 saturated carbocycles. The highest BCUT2D eigenvalue weighted by molar-refractivity contribution is 6.30. The fourth-order valence-electron chi connectivity index (χ4n) is 2.93. The molecule has 1 saturated heterocycles. The number of hydrogen-bond acceptors (Lipinski definition) is 4. The number of oxazole rings is 1. The first-order valence-electron chi connectivity index (χ1n) is 7.88. The van der Waals surface area contributed by atoms with Crippen LogP contribution in [0, 0.1) is 5.92 Å². The fraction of sp³-hybridized carbons (Fsp3) is 0.412. The number of amides is 1. The lowest BCUT2D eigenvalue weighted by atomic mass is 10.1. The van der Waals surface area contributed by atoms with Crippen molar-refractivity contribution < 1.29 is 9.21 Å². The highest BCUT2D eigenvalue weighted by atomic mass is 35.5. The number of nitrogens with one attached hydrogen (secondary N) is 1. The summed E-state index contributed by atoms with van der Waals surface area (Å²) in [5, 5.41) is 3.72. The number of aryl methyl sites for hydroxylation is 1. The minimum Gasteiger partial charge on any atom is -0.448 e. The first kappa shape index (κ1) is 15.9. The highest BCUT2D eigenvalue weighted by Crippen LogP contribution is 2.25. The van der Waals surface area contributed by atoms with Gasteiger partial charge in [-0.15, -0.1) is 0 Å². The van der Waals surface area contributed by atoms with E-state index in [1.165, 1.54) is 6.39 Å². The molecule has 1 aromatic heterocycles. The van der Waals surface area contributed by atoms with Gasteiger partial charge in [-0.25, -0.2) is 4.98 Å². The largest absolute Gasteiger partial charge is 0.448 e. The number of carbonyl (C=O) groups excluding carboxylic acids is 1. The Morgan fingerprint density at radius 2 is 2.39 bits per heavy atom. The predicted octanol–water partition coefficient (Wildman–Crippen LogP) is 3.15. The van der Waals surface area contributed by atoms with E-state index in [0.29, 0.717) is 30.3 Å². The van der Waals surface area contributed by atoms with Gasteiger partial charge in [0, 0.05) is 36.8 Å². The molecule has 0 bridgehead atoms. The highest BCUT2D eigenvalue weighted by Gasteiger charge is 2.24. The van der Waals surface area contributed by atoms with Crippen LogP contribution >= 0.6 is 11.6 Å². The maximum absolute atomic E-state index is 12.2. The molecule has 0 unspecified atom stereocenters. The zero-order valence-corrected chi connectivity index (χ0v) is 13.8. The number of rotatable bonds is 5. The summed E-state index contributed by atoms with van der Waals surface area (Å²) in [6, 6.07) is 7.88.